The van der Waals surface area contributed by atoms with Crippen molar-refractivity contribution in [3.63, 3.8) is 0 Å². The van der Waals surface area contributed by atoms with Gasteiger partial charge in [0, 0.05) is 39.4 Å². The minimum absolute atomic E-state index is 0.513. The molecule has 0 fully saturated rings. The molecule has 0 bridgehead atoms. The molecule has 2 nitrogen and oxygen atoms in total. The van der Waals surface area contributed by atoms with Crippen LogP contribution in [0.15, 0.2) is 36.4 Å². The third-order valence-corrected chi connectivity index (χ3v) is 5.80. The van der Waals surface area contributed by atoms with E-state index >= 15 is 0 Å². The van der Waals surface area contributed by atoms with E-state index in [4.69, 9.17) is 0 Å². The van der Waals surface area contributed by atoms with Crippen molar-refractivity contribution in [3.05, 3.63) is 57.4 Å². The minimum atomic E-state index is 0.513. The van der Waals surface area contributed by atoms with Gasteiger partial charge in [-0.15, -0.1) is 11.3 Å². The molecule has 2 aromatic heterocycles. The molecule has 22 heavy (non-hydrogen) atoms. The Morgan fingerprint density at radius 1 is 1.23 bits per heavy atom. The molecule has 3 aromatic rings. The fourth-order valence-electron chi connectivity index (χ4n) is 3.79. The van der Waals surface area contributed by atoms with Gasteiger partial charge in [-0.05, 0) is 43.5 Å². The van der Waals surface area contributed by atoms with Gasteiger partial charge in [-0.3, -0.25) is 4.90 Å². The van der Waals surface area contributed by atoms with Crippen molar-refractivity contribution in [2.75, 3.05) is 6.54 Å². The first-order chi connectivity index (χ1) is 10.8. The van der Waals surface area contributed by atoms with Crippen molar-refractivity contribution < 1.29 is 0 Å². The van der Waals surface area contributed by atoms with Gasteiger partial charge in [-0.1, -0.05) is 25.1 Å². The van der Waals surface area contributed by atoms with E-state index < -0.39 is 0 Å². The molecule has 0 amide bonds. The summed E-state index contributed by atoms with van der Waals surface area (Å²) in [7, 11) is 0. The molecule has 114 valence electrons. The Labute approximate surface area is 135 Å². The topological polar surface area (TPSA) is 19.0 Å². The summed E-state index contributed by atoms with van der Waals surface area (Å²) >= 11 is 1.93. The molecule has 1 unspecified atom stereocenters. The second-order valence-corrected chi connectivity index (χ2v) is 7.59. The first kappa shape index (κ1) is 14.0. The first-order valence-corrected chi connectivity index (χ1v) is 8.96. The molecule has 4 rings (SSSR count). The molecule has 0 saturated heterocycles. The van der Waals surface area contributed by atoms with Crippen LogP contribution in [0, 0.1) is 6.92 Å². The number of hydrogen-bond donors (Lipinski definition) is 1. The molecular weight excluding hydrogens is 288 g/mol. The van der Waals surface area contributed by atoms with E-state index in [1.165, 1.54) is 26.4 Å². The van der Waals surface area contributed by atoms with Crippen LogP contribution in [0.25, 0.3) is 10.9 Å². The number of rotatable bonds is 3. The molecule has 1 aliphatic heterocycles. The Bertz CT molecular complexity index is 799. The third-order valence-electron chi connectivity index (χ3n) is 4.81. The molecule has 1 atom stereocenters. The van der Waals surface area contributed by atoms with Crippen LogP contribution in [-0.4, -0.2) is 16.4 Å². The van der Waals surface area contributed by atoms with Gasteiger partial charge in [0.25, 0.3) is 0 Å². The number of thiophene rings is 1. The lowest BCUT2D eigenvalue weighted by Gasteiger charge is -2.35. The summed E-state index contributed by atoms with van der Waals surface area (Å²) in [6.07, 6.45) is 2.31. The van der Waals surface area contributed by atoms with Crippen molar-refractivity contribution in [2.24, 2.45) is 0 Å². The molecule has 3 heterocycles. The molecule has 0 radical (unpaired) electrons. The van der Waals surface area contributed by atoms with Crippen LogP contribution in [0.4, 0.5) is 0 Å². The zero-order chi connectivity index (χ0) is 15.1. The average Bonchev–Trinajstić information content (AvgIpc) is 3.10. The van der Waals surface area contributed by atoms with Gasteiger partial charge in [0.05, 0.1) is 6.04 Å². The highest BCUT2D eigenvalue weighted by molar-refractivity contribution is 7.11. The van der Waals surface area contributed by atoms with Gasteiger partial charge in [0.1, 0.15) is 0 Å². The quantitative estimate of drug-likeness (QED) is 0.717. The standard InChI is InChI=1S/C19H22N2S/c1-3-18-19-16(15-6-4-5-7-17(15)20-19)10-11-21(18)12-14-9-8-13(2)22-14/h4-9,18,20H,3,10-12H2,1-2H3. The third kappa shape index (κ3) is 2.29. The van der Waals surface area contributed by atoms with Crippen molar-refractivity contribution in [3.8, 4) is 0 Å². The van der Waals surface area contributed by atoms with Crippen LogP contribution in [0.2, 0.25) is 0 Å². The molecule has 0 spiro atoms. The highest BCUT2D eigenvalue weighted by Crippen LogP contribution is 2.37. The summed E-state index contributed by atoms with van der Waals surface area (Å²) in [5, 5.41) is 1.42. The number of H-pyrrole nitrogens is 1. The number of aromatic nitrogens is 1. The van der Waals surface area contributed by atoms with Crippen LogP contribution in [0.1, 0.15) is 40.4 Å². The normalized spacial score (nSPS) is 18.7. The van der Waals surface area contributed by atoms with Crippen LogP contribution < -0.4 is 0 Å². The van der Waals surface area contributed by atoms with Crippen molar-refractivity contribution in [2.45, 2.75) is 39.3 Å². The second kappa shape index (κ2) is 5.56. The molecular formula is C19H22N2S. The van der Waals surface area contributed by atoms with Crippen molar-refractivity contribution in [1.29, 1.82) is 0 Å². The lowest BCUT2D eigenvalue weighted by molar-refractivity contribution is 0.170. The molecule has 0 saturated carbocycles. The number of aryl methyl sites for hydroxylation is 1. The number of para-hydroxylation sites is 1. The van der Waals surface area contributed by atoms with E-state index in [0.29, 0.717) is 6.04 Å². The highest BCUT2D eigenvalue weighted by Gasteiger charge is 2.29. The van der Waals surface area contributed by atoms with Crippen LogP contribution >= 0.6 is 11.3 Å². The summed E-state index contributed by atoms with van der Waals surface area (Å²) in [4.78, 5) is 9.23. The fraction of sp³-hybridized carbons (Fsp3) is 0.368. The lowest BCUT2D eigenvalue weighted by Crippen LogP contribution is -2.34. The summed E-state index contributed by atoms with van der Waals surface area (Å²) in [6.45, 7) is 6.73. The second-order valence-electron chi connectivity index (χ2n) is 6.22. The van der Waals surface area contributed by atoms with E-state index in [1.54, 1.807) is 5.56 Å². The number of fused-ring (bicyclic) bond motifs is 3. The number of aromatic amines is 1. The van der Waals surface area contributed by atoms with E-state index in [0.717, 1.165) is 25.9 Å². The first-order valence-electron chi connectivity index (χ1n) is 8.15. The van der Waals surface area contributed by atoms with Gasteiger partial charge in [0.2, 0.25) is 0 Å². The minimum Gasteiger partial charge on any atom is -0.357 e. The van der Waals surface area contributed by atoms with Gasteiger partial charge >= 0.3 is 0 Å². The lowest BCUT2D eigenvalue weighted by atomic mass is 9.95. The Balaban J connectivity index is 1.69. The predicted molar refractivity (Wildman–Crippen MR) is 94.5 cm³/mol. The molecule has 1 N–H and O–H groups in total. The van der Waals surface area contributed by atoms with E-state index in [-0.39, 0.29) is 0 Å². The summed E-state index contributed by atoms with van der Waals surface area (Å²) < 4.78 is 0. The maximum absolute atomic E-state index is 3.70. The van der Waals surface area contributed by atoms with Crippen molar-refractivity contribution >= 4 is 22.2 Å². The van der Waals surface area contributed by atoms with Gasteiger partial charge in [0.15, 0.2) is 0 Å². The molecule has 1 aromatic carbocycles. The Hall–Kier alpha value is -1.58. The number of benzene rings is 1. The Morgan fingerprint density at radius 3 is 2.86 bits per heavy atom. The summed E-state index contributed by atoms with van der Waals surface area (Å²) in [5.41, 5.74) is 4.28. The molecule has 3 heteroatoms. The molecule has 0 aliphatic carbocycles. The largest absolute Gasteiger partial charge is 0.357 e. The Kier molecular flexibility index (Phi) is 3.55. The van der Waals surface area contributed by atoms with Gasteiger partial charge in [-0.25, -0.2) is 0 Å². The van der Waals surface area contributed by atoms with Gasteiger partial charge in [-0.2, -0.15) is 0 Å². The van der Waals surface area contributed by atoms with Crippen LogP contribution in [0.5, 0.6) is 0 Å². The zero-order valence-electron chi connectivity index (χ0n) is 13.2. The SMILES string of the molecule is CCC1c2[nH]c3ccccc3c2CCN1Cc1ccc(C)s1. The molecule has 1 aliphatic rings. The van der Waals surface area contributed by atoms with Gasteiger partial charge < -0.3 is 4.98 Å². The fourth-order valence-corrected chi connectivity index (χ4v) is 4.71. The number of nitrogens with zero attached hydrogens (tertiary/aromatic N) is 1. The van der Waals surface area contributed by atoms with E-state index in [9.17, 15) is 0 Å². The monoisotopic (exact) mass is 310 g/mol. The maximum atomic E-state index is 3.70. The van der Waals surface area contributed by atoms with E-state index in [1.807, 2.05) is 11.3 Å². The summed E-state index contributed by atoms with van der Waals surface area (Å²) in [5.74, 6) is 0. The van der Waals surface area contributed by atoms with Crippen LogP contribution in [0.3, 0.4) is 0 Å². The Morgan fingerprint density at radius 2 is 2.09 bits per heavy atom. The zero-order valence-corrected chi connectivity index (χ0v) is 14.0. The number of hydrogen-bond acceptors (Lipinski definition) is 2. The highest BCUT2D eigenvalue weighted by atomic mass is 32.1. The smallest absolute Gasteiger partial charge is 0.0502 e. The predicted octanol–water partition coefficient (Wildman–Crippen LogP) is 5.05. The summed E-state index contributed by atoms with van der Waals surface area (Å²) in [6, 6.07) is 13.8. The maximum Gasteiger partial charge on any atom is 0.0502 e. The van der Waals surface area contributed by atoms with E-state index in [2.05, 4.69) is 60.1 Å². The number of nitrogens with one attached hydrogen (secondary N) is 1. The van der Waals surface area contributed by atoms with Crippen LogP contribution in [-0.2, 0) is 13.0 Å². The van der Waals surface area contributed by atoms with Crippen molar-refractivity contribution in [1.82, 2.24) is 9.88 Å². The average molecular weight is 310 g/mol.